The Hall–Kier alpha value is -1.73. The van der Waals surface area contributed by atoms with E-state index in [0.29, 0.717) is 19.0 Å². The Morgan fingerprint density at radius 1 is 1.50 bits per heavy atom. The van der Waals surface area contributed by atoms with E-state index in [1.807, 2.05) is 13.8 Å². The third-order valence-electron chi connectivity index (χ3n) is 2.78. The predicted molar refractivity (Wildman–Crippen MR) is 75.4 cm³/mol. The van der Waals surface area contributed by atoms with Gasteiger partial charge in [0.2, 0.25) is 0 Å². The lowest BCUT2D eigenvalue weighted by Gasteiger charge is -2.21. The zero-order valence-electron chi connectivity index (χ0n) is 12.2. The first-order chi connectivity index (χ1) is 9.51. The number of nitrogens with zero attached hydrogens (tertiary/aromatic N) is 3. The number of aliphatic hydroxyl groups is 1. The van der Waals surface area contributed by atoms with Gasteiger partial charge in [0, 0.05) is 26.1 Å². The maximum atomic E-state index is 12.4. The van der Waals surface area contributed by atoms with Crippen LogP contribution in [-0.4, -0.2) is 59.3 Å². The number of aliphatic hydroxyl groups excluding tert-OH is 1. The monoisotopic (exact) mass is 282 g/mol. The molecule has 1 amide bonds. The minimum absolute atomic E-state index is 0.104. The Kier molecular flexibility index (Phi) is 6.33. The average molecular weight is 282 g/mol. The average Bonchev–Trinajstić information content (AvgIpc) is 2.43. The molecule has 0 unspecified atom stereocenters. The fourth-order valence-electron chi connectivity index (χ4n) is 1.64. The lowest BCUT2D eigenvalue weighted by atomic mass is 10.2. The van der Waals surface area contributed by atoms with Crippen LogP contribution in [0.15, 0.2) is 6.20 Å². The van der Waals surface area contributed by atoms with Gasteiger partial charge >= 0.3 is 0 Å². The Labute approximate surface area is 118 Å². The molecule has 1 aromatic rings. The summed E-state index contributed by atoms with van der Waals surface area (Å²) in [4.78, 5) is 22.2. The second-order valence-corrected chi connectivity index (χ2v) is 4.70. The molecule has 0 saturated carbocycles. The van der Waals surface area contributed by atoms with Gasteiger partial charge in [-0.15, -0.1) is 0 Å². The molecule has 0 radical (unpaired) electrons. The number of anilines is 1. The smallest absolute Gasteiger partial charge is 0.274 e. The van der Waals surface area contributed by atoms with Crippen molar-refractivity contribution >= 4 is 11.6 Å². The van der Waals surface area contributed by atoms with Crippen LogP contribution in [0.2, 0.25) is 0 Å². The van der Waals surface area contributed by atoms with E-state index in [1.54, 1.807) is 7.11 Å². The number of aromatic nitrogens is 2. The molecule has 112 valence electrons. The fraction of sp³-hybridized carbons (Fsp3) is 0.615. The van der Waals surface area contributed by atoms with Gasteiger partial charge in [0.05, 0.1) is 25.1 Å². The van der Waals surface area contributed by atoms with Gasteiger partial charge in [0.15, 0.2) is 5.69 Å². The molecule has 0 atom stereocenters. The van der Waals surface area contributed by atoms with Crippen LogP contribution in [0.1, 0.15) is 36.1 Å². The highest BCUT2D eigenvalue weighted by molar-refractivity contribution is 5.97. The summed E-state index contributed by atoms with van der Waals surface area (Å²) in [5, 5.41) is 9.05. The van der Waals surface area contributed by atoms with Crippen molar-refractivity contribution in [2.24, 2.45) is 0 Å². The van der Waals surface area contributed by atoms with E-state index < -0.39 is 0 Å². The van der Waals surface area contributed by atoms with Crippen LogP contribution >= 0.6 is 0 Å². The fourth-order valence-corrected chi connectivity index (χ4v) is 1.64. The second-order valence-electron chi connectivity index (χ2n) is 4.70. The van der Waals surface area contributed by atoms with Gasteiger partial charge in [-0.25, -0.2) is 9.97 Å². The van der Waals surface area contributed by atoms with Crippen LogP contribution in [0.3, 0.4) is 0 Å². The number of carbonyl (C=O) groups is 1. The molecule has 20 heavy (non-hydrogen) atoms. The summed E-state index contributed by atoms with van der Waals surface area (Å²) in [6.07, 6.45) is 1.45. The highest BCUT2D eigenvalue weighted by Crippen LogP contribution is 2.15. The Balaban J connectivity index is 3.00. The molecule has 0 aliphatic carbocycles. The van der Waals surface area contributed by atoms with E-state index in [1.165, 1.54) is 11.1 Å². The lowest BCUT2D eigenvalue weighted by Crippen LogP contribution is -2.37. The Morgan fingerprint density at radius 3 is 2.75 bits per heavy atom. The topological polar surface area (TPSA) is 102 Å². The van der Waals surface area contributed by atoms with Gasteiger partial charge in [-0.2, -0.15) is 0 Å². The summed E-state index contributed by atoms with van der Waals surface area (Å²) >= 11 is 0. The van der Waals surface area contributed by atoms with E-state index in [0.717, 1.165) is 0 Å². The van der Waals surface area contributed by atoms with Crippen LogP contribution in [0.25, 0.3) is 0 Å². The maximum Gasteiger partial charge on any atom is 0.274 e. The number of nitrogens with two attached hydrogens (primary N) is 1. The highest BCUT2D eigenvalue weighted by Gasteiger charge is 2.20. The lowest BCUT2D eigenvalue weighted by molar-refractivity contribution is 0.0651. The van der Waals surface area contributed by atoms with Crippen molar-refractivity contribution in [1.29, 1.82) is 0 Å². The summed E-state index contributed by atoms with van der Waals surface area (Å²) in [7, 11) is 1.55. The standard InChI is InChI=1S/C13H22N4O3/c1-9(2)12-15-8-10(14)11(16-12)13(19)17(4-6-18)5-7-20-3/h8-9,18H,4-7,14H2,1-3H3. The number of hydrogen-bond donors (Lipinski definition) is 2. The van der Waals surface area contributed by atoms with Crippen molar-refractivity contribution in [3.05, 3.63) is 17.7 Å². The highest BCUT2D eigenvalue weighted by atomic mass is 16.5. The van der Waals surface area contributed by atoms with Gasteiger partial charge < -0.3 is 20.5 Å². The maximum absolute atomic E-state index is 12.4. The molecule has 0 bridgehead atoms. The molecule has 1 rings (SSSR count). The van der Waals surface area contributed by atoms with Gasteiger partial charge in [-0.05, 0) is 0 Å². The molecule has 0 spiro atoms. The molecule has 0 aliphatic heterocycles. The number of amides is 1. The van der Waals surface area contributed by atoms with Crippen molar-refractivity contribution in [2.45, 2.75) is 19.8 Å². The number of nitrogen functional groups attached to an aromatic ring is 1. The van der Waals surface area contributed by atoms with Gasteiger partial charge in [-0.1, -0.05) is 13.8 Å². The molecular weight excluding hydrogens is 260 g/mol. The van der Waals surface area contributed by atoms with Gasteiger partial charge in [-0.3, -0.25) is 4.79 Å². The van der Waals surface area contributed by atoms with Crippen LogP contribution in [0.5, 0.6) is 0 Å². The summed E-state index contributed by atoms with van der Waals surface area (Å²) in [5.74, 6) is 0.351. The molecule has 0 aliphatic rings. The minimum Gasteiger partial charge on any atom is -0.396 e. The van der Waals surface area contributed by atoms with E-state index in [9.17, 15) is 4.79 Å². The third-order valence-corrected chi connectivity index (χ3v) is 2.78. The zero-order chi connectivity index (χ0) is 15.1. The number of rotatable bonds is 7. The number of methoxy groups -OCH3 is 1. The minimum atomic E-state index is -0.321. The van der Waals surface area contributed by atoms with Crippen LogP contribution < -0.4 is 5.73 Å². The third kappa shape index (κ3) is 4.14. The number of carbonyl (C=O) groups excluding carboxylic acids is 1. The first kappa shape index (κ1) is 16.3. The predicted octanol–water partition coefficient (Wildman–Crippen LogP) is 0.263. The molecule has 1 aromatic heterocycles. The second kappa shape index (κ2) is 7.76. The molecular formula is C13H22N4O3. The number of hydrogen-bond acceptors (Lipinski definition) is 6. The number of ether oxygens (including phenoxy) is 1. The summed E-state index contributed by atoms with van der Waals surface area (Å²) in [6, 6.07) is 0. The van der Waals surface area contributed by atoms with Gasteiger partial charge in [0.25, 0.3) is 5.91 Å². The molecule has 0 aromatic carbocycles. The van der Waals surface area contributed by atoms with E-state index in [2.05, 4.69) is 9.97 Å². The molecule has 1 heterocycles. The molecule has 7 heteroatoms. The summed E-state index contributed by atoms with van der Waals surface area (Å²) in [6.45, 7) is 4.72. The van der Waals surface area contributed by atoms with Crippen molar-refractivity contribution < 1.29 is 14.6 Å². The largest absolute Gasteiger partial charge is 0.396 e. The van der Waals surface area contributed by atoms with Crippen LogP contribution in [0, 0.1) is 0 Å². The molecule has 3 N–H and O–H groups in total. The van der Waals surface area contributed by atoms with E-state index >= 15 is 0 Å². The quantitative estimate of drug-likeness (QED) is 0.744. The molecule has 0 fully saturated rings. The Bertz CT molecular complexity index is 451. The normalized spacial score (nSPS) is 10.8. The van der Waals surface area contributed by atoms with Crippen molar-refractivity contribution in [1.82, 2.24) is 14.9 Å². The summed E-state index contributed by atoms with van der Waals surface area (Å²) < 4.78 is 4.96. The molecule has 0 saturated heterocycles. The first-order valence-corrected chi connectivity index (χ1v) is 6.52. The van der Waals surface area contributed by atoms with E-state index in [-0.39, 0.29) is 36.4 Å². The van der Waals surface area contributed by atoms with Crippen molar-refractivity contribution in [3.8, 4) is 0 Å². The zero-order valence-corrected chi connectivity index (χ0v) is 12.2. The SMILES string of the molecule is COCCN(CCO)C(=O)c1nc(C(C)C)ncc1N. The van der Waals surface area contributed by atoms with Crippen molar-refractivity contribution in [2.75, 3.05) is 39.1 Å². The van der Waals surface area contributed by atoms with E-state index in [4.69, 9.17) is 15.6 Å². The first-order valence-electron chi connectivity index (χ1n) is 6.52. The van der Waals surface area contributed by atoms with Crippen molar-refractivity contribution in [3.63, 3.8) is 0 Å². The Morgan fingerprint density at radius 2 is 2.20 bits per heavy atom. The van der Waals surface area contributed by atoms with Gasteiger partial charge in [0.1, 0.15) is 5.82 Å². The molecule has 7 nitrogen and oxygen atoms in total. The van der Waals surface area contributed by atoms with Crippen LogP contribution in [0.4, 0.5) is 5.69 Å². The van der Waals surface area contributed by atoms with Crippen LogP contribution in [-0.2, 0) is 4.74 Å². The summed E-state index contributed by atoms with van der Waals surface area (Å²) in [5.41, 5.74) is 6.20.